The molecular formula is C8H14F3N. The van der Waals surface area contributed by atoms with E-state index in [0.717, 1.165) is 6.42 Å². The van der Waals surface area contributed by atoms with Crippen LogP contribution in [-0.2, 0) is 0 Å². The van der Waals surface area contributed by atoms with Gasteiger partial charge in [0.15, 0.2) is 0 Å². The van der Waals surface area contributed by atoms with Crippen molar-refractivity contribution in [2.45, 2.75) is 38.4 Å². The Labute approximate surface area is 70.1 Å². The summed E-state index contributed by atoms with van der Waals surface area (Å²) in [5.74, 6) is -1.60. The molecule has 1 rings (SSSR count). The highest BCUT2D eigenvalue weighted by atomic mass is 19.4. The third-order valence-electron chi connectivity index (χ3n) is 2.78. The molecule has 0 saturated heterocycles. The maximum absolute atomic E-state index is 12.3. The average molecular weight is 181 g/mol. The lowest BCUT2D eigenvalue weighted by Crippen LogP contribution is -2.43. The second kappa shape index (κ2) is 3.24. The summed E-state index contributed by atoms with van der Waals surface area (Å²) in [6, 6.07) is -0.273. The van der Waals surface area contributed by atoms with Crippen LogP contribution < -0.4 is 5.73 Å². The summed E-state index contributed by atoms with van der Waals surface area (Å²) in [5, 5.41) is 0. The Bertz CT molecular complexity index is 155. The number of hydrogen-bond donors (Lipinski definition) is 1. The first-order valence-electron chi connectivity index (χ1n) is 4.25. The monoisotopic (exact) mass is 181 g/mol. The number of alkyl halides is 3. The number of hydrogen-bond acceptors (Lipinski definition) is 1. The molecule has 72 valence electrons. The topological polar surface area (TPSA) is 26.0 Å². The molecule has 0 aromatic heterocycles. The third-order valence-corrected chi connectivity index (χ3v) is 2.78. The van der Waals surface area contributed by atoms with Gasteiger partial charge in [0.1, 0.15) is 0 Å². The van der Waals surface area contributed by atoms with Crippen molar-refractivity contribution >= 4 is 0 Å². The van der Waals surface area contributed by atoms with E-state index in [1.807, 2.05) is 0 Å². The number of rotatable bonds is 0. The van der Waals surface area contributed by atoms with Crippen molar-refractivity contribution < 1.29 is 13.2 Å². The lowest BCUT2D eigenvalue weighted by atomic mass is 9.77. The van der Waals surface area contributed by atoms with Gasteiger partial charge in [-0.1, -0.05) is 13.3 Å². The van der Waals surface area contributed by atoms with Gasteiger partial charge in [-0.25, -0.2) is 0 Å². The van der Waals surface area contributed by atoms with Gasteiger partial charge < -0.3 is 5.73 Å². The predicted molar refractivity (Wildman–Crippen MR) is 40.5 cm³/mol. The van der Waals surface area contributed by atoms with Gasteiger partial charge >= 0.3 is 6.18 Å². The van der Waals surface area contributed by atoms with E-state index in [1.165, 1.54) is 0 Å². The molecule has 1 fully saturated rings. The highest BCUT2D eigenvalue weighted by molar-refractivity contribution is 4.85. The molecule has 1 saturated carbocycles. The molecule has 1 nitrogen and oxygen atoms in total. The second-order valence-electron chi connectivity index (χ2n) is 3.60. The van der Waals surface area contributed by atoms with Crippen LogP contribution in [0.4, 0.5) is 13.2 Å². The van der Waals surface area contributed by atoms with E-state index in [9.17, 15) is 13.2 Å². The Morgan fingerprint density at radius 2 is 1.83 bits per heavy atom. The zero-order chi connectivity index (χ0) is 9.35. The lowest BCUT2D eigenvalue weighted by Gasteiger charge is -2.34. The van der Waals surface area contributed by atoms with Crippen LogP contribution in [0.1, 0.15) is 26.2 Å². The molecule has 0 aromatic rings. The molecule has 0 amide bonds. The van der Waals surface area contributed by atoms with Crippen LogP contribution in [0.3, 0.4) is 0 Å². The molecule has 0 aliphatic heterocycles. The summed E-state index contributed by atoms with van der Waals surface area (Å²) in [6.07, 6.45) is -2.47. The van der Waals surface area contributed by atoms with Crippen LogP contribution >= 0.6 is 0 Å². The Kier molecular flexibility index (Phi) is 2.66. The fraction of sp³-hybridized carbons (Fsp3) is 1.00. The molecule has 0 heterocycles. The molecule has 0 spiro atoms. The predicted octanol–water partition coefficient (Wildman–Crippen LogP) is 2.31. The average Bonchev–Trinajstić information content (AvgIpc) is 1.92. The summed E-state index contributed by atoms with van der Waals surface area (Å²) in [5.41, 5.74) is 5.57. The minimum Gasteiger partial charge on any atom is -0.327 e. The SMILES string of the molecule is CC1C(N)CCCC1C(F)(F)F. The maximum atomic E-state index is 12.3. The van der Waals surface area contributed by atoms with Crippen molar-refractivity contribution in [3.05, 3.63) is 0 Å². The Balaban J connectivity index is 2.64. The van der Waals surface area contributed by atoms with Crippen LogP contribution in [0.5, 0.6) is 0 Å². The van der Waals surface area contributed by atoms with Gasteiger partial charge in [-0.15, -0.1) is 0 Å². The normalized spacial score (nSPS) is 38.2. The highest BCUT2D eigenvalue weighted by Crippen LogP contribution is 2.40. The standard InChI is InChI=1S/C8H14F3N/c1-5-6(8(9,10)11)3-2-4-7(5)12/h5-7H,2-4,12H2,1H3. The molecule has 0 aromatic carbocycles. The van der Waals surface area contributed by atoms with Crippen LogP contribution in [-0.4, -0.2) is 12.2 Å². The van der Waals surface area contributed by atoms with Gasteiger partial charge in [0, 0.05) is 6.04 Å². The van der Waals surface area contributed by atoms with Crippen molar-refractivity contribution in [2.24, 2.45) is 17.6 Å². The minimum atomic E-state index is -4.06. The summed E-state index contributed by atoms with van der Waals surface area (Å²) < 4.78 is 36.9. The van der Waals surface area contributed by atoms with Gasteiger partial charge in [-0.2, -0.15) is 13.2 Å². The van der Waals surface area contributed by atoms with E-state index >= 15 is 0 Å². The zero-order valence-electron chi connectivity index (χ0n) is 7.06. The van der Waals surface area contributed by atoms with Crippen LogP contribution in [0.15, 0.2) is 0 Å². The first-order chi connectivity index (χ1) is 5.43. The Morgan fingerprint density at radius 1 is 1.25 bits per heavy atom. The zero-order valence-corrected chi connectivity index (χ0v) is 7.06. The van der Waals surface area contributed by atoms with E-state index in [-0.39, 0.29) is 12.5 Å². The van der Waals surface area contributed by atoms with E-state index in [4.69, 9.17) is 5.73 Å². The molecule has 1 aliphatic rings. The molecule has 0 bridgehead atoms. The summed E-state index contributed by atoms with van der Waals surface area (Å²) >= 11 is 0. The van der Waals surface area contributed by atoms with E-state index in [0.29, 0.717) is 6.42 Å². The van der Waals surface area contributed by atoms with Crippen molar-refractivity contribution in [1.82, 2.24) is 0 Å². The molecule has 0 radical (unpaired) electrons. The van der Waals surface area contributed by atoms with Crippen molar-refractivity contribution in [2.75, 3.05) is 0 Å². The largest absolute Gasteiger partial charge is 0.392 e. The fourth-order valence-corrected chi connectivity index (χ4v) is 1.86. The van der Waals surface area contributed by atoms with Crippen LogP contribution in [0, 0.1) is 11.8 Å². The van der Waals surface area contributed by atoms with Crippen LogP contribution in [0.25, 0.3) is 0 Å². The smallest absolute Gasteiger partial charge is 0.327 e. The van der Waals surface area contributed by atoms with Crippen molar-refractivity contribution in [3.8, 4) is 0 Å². The van der Waals surface area contributed by atoms with E-state index in [2.05, 4.69) is 0 Å². The number of nitrogens with two attached hydrogens (primary N) is 1. The van der Waals surface area contributed by atoms with Gasteiger partial charge in [0.25, 0.3) is 0 Å². The molecular weight excluding hydrogens is 167 g/mol. The third kappa shape index (κ3) is 1.91. The van der Waals surface area contributed by atoms with E-state index in [1.54, 1.807) is 6.92 Å². The molecule has 12 heavy (non-hydrogen) atoms. The first-order valence-corrected chi connectivity index (χ1v) is 4.25. The second-order valence-corrected chi connectivity index (χ2v) is 3.60. The van der Waals surface area contributed by atoms with E-state index < -0.39 is 18.0 Å². The highest BCUT2D eigenvalue weighted by Gasteiger charge is 2.45. The Morgan fingerprint density at radius 3 is 2.25 bits per heavy atom. The summed E-state index contributed by atoms with van der Waals surface area (Å²) in [7, 11) is 0. The molecule has 2 N–H and O–H groups in total. The molecule has 3 unspecified atom stereocenters. The minimum absolute atomic E-state index is 0.248. The number of halogens is 3. The fourth-order valence-electron chi connectivity index (χ4n) is 1.86. The summed E-state index contributed by atoms with van der Waals surface area (Å²) in [4.78, 5) is 0. The Hall–Kier alpha value is -0.250. The van der Waals surface area contributed by atoms with Crippen molar-refractivity contribution in [3.63, 3.8) is 0 Å². The lowest BCUT2D eigenvalue weighted by molar-refractivity contribution is -0.196. The van der Waals surface area contributed by atoms with Gasteiger partial charge in [0.2, 0.25) is 0 Å². The molecule has 1 aliphatic carbocycles. The van der Waals surface area contributed by atoms with Crippen molar-refractivity contribution in [1.29, 1.82) is 0 Å². The van der Waals surface area contributed by atoms with Gasteiger partial charge in [0.05, 0.1) is 5.92 Å². The van der Waals surface area contributed by atoms with Gasteiger partial charge in [-0.05, 0) is 18.8 Å². The summed E-state index contributed by atoms with van der Waals surface area (Å²) in [6.45, 7) is 1.60. The van der Waals surface area contributed by atoms with Gasteiger partial charge in [-0.3, -0.25) is 0 Å². The maximum Gasteiger partial charge on any atom is 0.392 e. The first kappa shape index (κ1) is 9.84. The quantitative estimate of drug-likeness (QED) is 0.609. The molecule has 3 atom stereocenters. The molecule has 4 heteroatoms. The van der Waals surface area contributed by atoms with Crippen LogP contribution in [0.2, 0.25) is 0 Å².